The molecule has 0 radical (unpaired) electrons. The highest BCUT2D eigenvalue weighted by molar-refractivity contribution is 5.79. The minimum absolute atomic E-state index is 0.173. The molecule has 0 aliphatic heterocycles. The van der Waals surface area contributed by atoms with Crippen LogP contribution in [0.25, 0.3) is 0 Å². The number of aliphatic carboxylic acids is 1. The Morgan fingerprint density at radius 3 is 2.57 bits per heavy atom. The average Bonchev–Trinajstić information content (AvgIpc) is 2.70. The molecule has 4 heteroatoms. The second-order valence-corrected chi connectivity index (χ2v) is 7.88. The maximum Gasteiger partial charge on any atom is 0.324 e. The Hall–Kier alpha value is -0.610. The second-order valence-electron chi connectivity index (χ2n) is 7.88. The van der Waals surface area contributed by atoms with Crippen LogP contribution in [-0.4, -0.2) is 35.9 Å². The van der Waals surface area contributed by atoms with Crippen molar-refractivity contribution in [2.24, 2.45) is 11.3 Å². The zero-order valence-corrected chi connectivity index (χ0v) is 14.4. The summed E-state index contributed by atoms with van der Waals surface area (Å²) in [5.74, 6) is -0.527. The van der Waals surface area contributed by atoms with Crippen LogP contribution < -0.4 is 5.32 Å². The number of carbonyl (C=O) groups is 1. The number of ether oxygens (including phenoxy) is 1. The zero-order chi connectivity index (χ0) is 16.1. The van der Waals surface area contributed by atoms with E-state index in [2.05, 4.69) is 26.1 Å². The first-order chi connectivity index (χ1) is 9.67. The number of hydrogen-bond acceptors (Lipinski definition) is 3. The van der Waals surface area contributed by atoms with Crippen molar-refractivity contribution in [3.05, 3.63) is 0 Å². The van der Waals surface area contributed by atoms with Crippen molar-refractivity contribution >= 4 is 5.97 Å². The van der Waals surface area contributed by atoms with Gasteiger partial charge in [0.1, 0.15) is 5.54 Å². The molecule has 0 saturated heterocycles. The maximum absolute atomic E-state index is 11.8. The highest BCUT2D eigenvalue weighted by Crippen LogP contribution is 2.38. The molecule has 0 bridgehead atoms. The molecule has 0 aromatic carbocycles. The lowest BCUT2D eigenvalue weighted by atomic mass is 9.84. The molecule has 2 N–H and O–H groups in total. The molecule has 1 saturated carbocycles. The summed E-state index contributed by atoms with van der Waals surface area (Å²) in [4.78, 5) is 11.8. The van der Waals surface area contributed by atoms with Crippen molar-refractivity contribution in [1.82, 2.24) is 5.32 Å². The Kier molecular flexibility index (Phi) is 6.67. The molecule has 1 aliphatic carbocycles. The van der Waals surface area contributed by atoms with Gasteiger partial charge in [-0.2, -0.15) is 0 Å². The maximum atomic E-state index is 11.8. The van der Waals surface area contributed by atoms with E-state index >= 15 is 0 Å². The van der Waals surface area contributed by atoms with Crippen LogP contribution in [0.15, 0.2) is 0 Å². The molecule has 2 atom stereocenters. The molecule has 0 aromatic rings. The number of carboxylic acids is 1. The molecule has 0 aromatic heterocycles. The summed E-state index contributed by atoms with van der Waals surface area (Å²) in [5, 5.41) is 13.0. The summed E-state index contributed by atoms with van der Waals surface area (Å²) in [7, 11) is 0. The van der Waals surface area contributed by atoms with Crippen molar-refractivity contribution in [1.29, 1.82) is 0 Å². The van der Waals surface area contributed by atoms with Gasteiger partial charge in [0.25, 0.3) is 0 Å². The van der Waals surface area contributed by atoms with Gasteiger partial charge in [-0.3, -0.25) is 10.1 Å². The molecule has 0 amide bonds. The van der Waals surface area contributed by atoms with Crippen LogP contribution in [0.3, 0.4) is 0 Å². The molecule has 1 aliphatic rings. The Labute approximate surface area is 129 Å². The normalized spacial score (nSPS) is 26.5. The van der Waals surface area contributed by atoms with Gasteiger partial charge in [-0.25, -0.2) is 0 Å². The van der Waals surface area contributed by atoms with Gasteiger partial charge in [-0.1, -0.05) is 27.2 Å². The molecule has 0 heterocycles. The lowest BCUT2D eigenvalue weighted by Crippen LogP contribution is -2.57. The van der Waals surface area contributed by atoms with Gasteiger partial charge in [-0.05, 0) is 50.9 Å². The van der Waals surface area contributed by atoms with E-state index in [1.807, 2.05) is 13.8 Å². The van der Waals surface area contributed by atoms with Crippen LogP contribution >= 0.6 is 0 Å². The lowest BCUT2D eigenvalue weighted by Gasteiger charge is -2.34. The quantitative estimate of drug-likeness (QED) is 0.674. The van der Waals surface area contributed by atoms with Crippen LogP contribution in [0.5, 0.6) is 0 Å². The Morgan fingerprint density at radius 1 is 1.38 bits per heavy atom. The van der Waals surface area contributed by atoms with Crippen molar-refractivity contribution in [2.45, 2.75) is 78.3 Å². The fourth-order valence-corrected chi connectivity index (χ4v) is 3.22. The first-order valence-corrected chi connectivity index (χ1v) is 8.26. The highest BCUT2D eigenvalue weighted by atomic mass is 16.5. The van der Waals surface area contributed by atoms with Crippen molar-refractivity contribution in [2.75, 3.05) is 13.2 Å². The zero-order valence-electron chi connectivity index (χ0n) is 14.4. The Bertz CT molecular complexity index is 335. The summed E-state index contributed by atoms with van der Waals surface area (Å²) >= 11 is 0. The second kappa shape index (κ2) is 7.59. The van der Waals surface area contributed by atoms with E-state index in [4.69, 9.17) is 4.74 Å². The molecule has 4 nitrogen and oxygen atoms in total. The van der Waals surface area contributed by atoms with Crippen LogP contribution in [0.2, 0.25) is 0 Å². The van der Waals surface area contributed by atoms with E-state index in [0.717, 1.165) is 38.7 Å². The third-order valence-corrected chi connectivity index (χ3v) is 4.36. The fraction of sp³-hybridized carbons (Fsp3) is 0.941. The molecule has 0 spiro atoms. The molecule has 2 unspecified atom stereocenters. The van der Waals surface area contributed by atoms with E-state index in [1.54, 1.807) is 0 Å². The van der Waals surface area contributed by atoms with E-state index in [1.165, 1.54) is 0 Å². The first kappa shape index (κ1) is 18.4. The summed E-state index contributed by atoms with van der Waals surface area (Å²) in [5.41, 5.74) is -0.459. The van der Waals surface area contributed by atoms with Gasteiger partial charge in [0.15, 0.2) is 0 Å². The van der Waals surface area contributed by atoms with Gasteiger partial charge in [-0.15, -0.1) is 0 Å². The van der Waals surface area contributed by atoms with E-state index in [-0.39, 0.29) is 17.4 Å². The standard InChI is InChI=1S/C17H33NO3/c1-13(2)18-17(15(19)20)9-6-7-14(17)8-11-21-12-10-16(3,4)5/h13-14,18H,6-12H2,1-5H3,(H,19,20). The van der Waals surface area contributed by atoms with Crippen LogP contribution in [0.4, 0.5) is 0 Å². The van der Waals surface area contributed by atoms with Crippen molar-refractivity contribution in [3.8, 4) is 0 Å². The lowest BCUT2D eigenvalue weighted by molar-refractivity contribution is -0.147. The molecular formula is C17H33NO3. The predicted octanol–water partition coefficient (Wildman–Crippen LogP) is 3.45. The van der Waals surface area contributed by atoms with Gasteiger partial charge < -0.3 is 9.84 Å². The van der Waals surface area contributed by atoms with Crippen LogP contribution in [0, 0.1) is 11.3 Å². The van der Waals surface area contributed by atoms with Gasteiger partial charge in [0.2, 0.25) is 0 Å². The number of carboxylic acid groups (broad SMARTS) is 1. The number of nitrogens with one attached hydrogen (secondary N) is 1. The summed E-state index contributed by atoms with van der Waals surface area (Å²) in [6, 6.07) is 0.184. The van der Waals surface area contributed by atoms with E-state index in [0.29, 0.717) is 6.61 Å². The molecular weight excluding hydrogens is 266 g/mol. The minimum atomic E-state index is -0.748. The molecule has 1 rings (SSSR count). The van der Waals surface area contributed by atoms with Gasteiger partial charge in [0.05, 0.1) is 0 Å². The van der Waals surface area contributed by atoms with Crippen LogP contribution in [-0.2, 0) is 9.53 Å². The van der Waals surface area contributed by atoms with E-state index < -0.39 is 11.5 Å². The van der Waals surface area contributed by atoms with Crippen molar-refractivity contribution in [3.63, 3.8) is 0 Å². The average molecular weight is 299 g/mol. The van der Waals surface area contributed by atoms with Gasteiger partial charge >= 0.3 is 5.97 Å². The monoisotopic (exact) mass is 299 g/mol. The van der Waals surface area contributed by atoms with E-state index in [9.17, 15) is 9.90 Å². The fourth-order valence-electron chi connectivity index (χ4n) is 3.22. The van der Waals surface area contributed by atoms with Crippen LogP contribution in [0.1, 0.15) is 66.7 Å². The third kappa shape index (κ3) is 5.59. The summed E-state index contributed by atoms with van der Waals surface area (Å²) in [6.45, 7) is 12.1. The van der Waals surface area contributed by atoms with Gasteiger partial charge in [0, 0.05) is 19.3 Å². The first-order valence-electron chi connectivity index (χ1n) is 8.26. The number of rotatable bonds is 8. The molecule has 124 valence electrons. The molecule has 1 fully saturated rings. The largest absolute Gasteiger partial charge is 0.480 e. The third-order valence-electron chi connectivity index (χ3n) is 4.36. The topological polar surface area (TPSA) is 58.6 Å². The summed E-state index contributed by atoms with van der Waals surface area (Å²) < 4.78 is 5.73. The molecule has 21 heavy (non-hydrogen) atoms. The van der Waals surface area contributed by atoms with Crippen molar-refractivity contribution < 1.29 is 14.6 Å². The Morgan fingerprint density at radius 2 is 2.05 bits per heavy atom. The minimum Gasteiger partial charge on any atom is -0.480 e. The Balaban J connectivity index is 2.47. The summed E-state index contributed by atoms with van der Waals surface area (Å²) in [6.07, 6.45) is 4.56. The SMILES string of the molecule is CC(C)NC1(C(=O)O)CCCC1CCOCCC(C)(C)C. The number of hydrogen-bond donors (Lipinski definition) is 2. The predicted molar refractivity (Wildman–Crippen MR) is 85.5 cm³/mol. The smallest absolute Gasteiger partial charge is 0.324 e. The highest BCUT2D eigenvalue weighted by Gasteiger charge is 2.48.